The van der Waals surface area contributed by atoms with Crippen molar-refractivity contribution in [2.24, 2.45) is 0 Å². The molecular formula is C10H18O. The first kappa shape index (κ1) is 8.79. The molecule has 0 unspecified atom stereocenters. The predicted molar refractivity (Wildman–Crippen MR) is 47.6 cm³/mol. The van der Waals surface area contributed by atoms with Crippen molar-refractivity contribution in [1.29, 1.82) is 0 Å². The lowest BCUT2D eigenvalue weighted by Gasteiger charge is -2.25. The maximum atomic E-state index is 5.83. The standard InChI is InChI=1S/C10H18O/c1-4-10(2,3)11-9-7-5-6-8-9/h4,9H,1,5-8H2,2-3H3. The molecule has 0 aliphatic heterocycles. The summed E-state index contributed by atoms with van der Waals surface area (Å²) in [4.78, 5) is 0. The molecule has 1 aliphatic carbocycles. The minimum absolute atomic E-state index is 0.130. The molecule has 0 aromatic carbocycles. The smallest absolute Gasteiger partial charge is 0.0807 e. The summed E-state index contributed by atoms with van der Waals surface area (Å²) in [5.41, 5.74) is -0.130. The fourth-order valence-electron chi connectivity index (χ4n) is 1.48. The maximum Gasteiger partial charge on any atom is 0.0807 e. The van der Waals surface area contributed by atoms with Gasteiger partial charge in [0.25, 0.3) is 0 Å². The summed E-state index contributed by atoms with van der Waals surface area (Å²) in [6.45, 7) is 7.88. The molecule has 0 radical (unpaired) electrons. The number of hydrogen-bond acceptors (Lipinski definition) is 1. The quantitative estimate of drug-likeness (QED) is 0.568. The molecule has 1 rings (SSSR count). The molecule has 1 saturated carbocycles. The van der Waals surface area contributed by atoms with Gasteiger partial charge in [-0.25, -0.2) is 0 Å². The highest BCUT2D eigenvalue weighted by atomic mass is 16.5. The summed E-state index contributed by atoms with van der Waals surface area (Å²) in [7, 11) is 0. The van der Waals surface area contributed by atoms with Crippen LogP contribution in [0.3, 0.4) is 0 Å². The molecule has 0 saturated heterocycles. The van der Waals surface area contributed by atoms with E-state index in [4.69, 9.17) is 4.74 Å². The first-order valence-electron chi connectivity index (χ1n) is 4.45. The molecule has 0 bridgehead atoms. The third-order valence-corrected chi connectivity index (χ3v) is 2.26. The van der Waals surface area contributed by atoms with Gasteiger partial charge in [0.05, 0.1) is 11.7 Å². The van der Waals surface area contributed by atoms with E-state index in [2.05, 4.69) is 20.4 Å². The predicted octanol–water partition coefficient (Wildman–Crippen LogP) is 2.91. The molecule has 1 nitrogen and oxygen atoms in total. The molecule has 0 heterocycles. The number of ether oxygens (including phenoxy) is 1. The monoisotopic (exact) mass is 154 g/mol. The van der Waals surface area contributed by atoms with Crippen molar-refractivity contribution < 1.29 is 4.74 Å². The largest absolute Gasteiger partial charge is 0.368 e. The Hall–Kier alpha value is -0.300. The van der Waals surface area contributed by atoms with E-state index in [1.54, 1.807) is 0 Å². The van der Waals surface area contributed by atoms with Gasteiger partial charge < -0.3 is 4.74 Å². The van der Waals surface area contributed by atoms with Gasteiger partial charge in [-0.2, -0.15) is 0 Å². The van der Waals surface area contributed by atoms with Crippen molar-refractivity contribution in [3.8, 4) is 0 Å². The Morgan fingerprint density at radius 2 is 1.91 bits per heavy atom. The van der Waals surface area contributed by atoms with Crippen LogP contribution in [-0.2, 0) is 4.74 Å². The first-order valence-corrected chi connectivity index (χ1v) is 4.45. The zero-order valence-electron chi connectivity index (χ0n) is 7.60. The van der Waals surface area contributed by atoms with Crippen LogP contribution in [0.25, 0.3) is 0 Å². The average molecular weight is 154 g/mol. The van der Waals surface area contributed by atoms with Crippen LogP contribution in [0.5, 0.6) is 0 Å². The van der Waals surface area contributed by atoms with E-state index in [1.165, 1.54) is 25.7 Å². The van der Waals surface area contributed by atoms with Crippen LogP contribution in [0.1, 0.15) is 39.5 Å². The second-order valence-corrected chi connectivity index (χ2v) is 3.83. The topological polar surface area (TPSA) is 9.23 Å². The Bertz CT molecular complexity index is 132. The van der Waals surface area contributed by atoms with Crippen molar-refractivity contribution in [3.05, 3.63) is 12.7 Å². The van der Waals surface area contributed by atoms with E-state index < -0.39 is 0 Å². The molecule has 0 aromatic heterocycles. The Balaban J connectivity index is 2.33. The van der Waals surface area contributed by atoms with Gasteiger partial charge in [-0.1, -0.05) is 18.9 Å². The molecule has 0 atom stereocenters. The van der Waals surface area contributed by atoms with Crippen LogP contribution in [0.4, 0.5) is 0 Å². The summed E-state index contributed by atoms with van der Waals surface area (Å²) in [6.07, 6.45) is 7.50. The average Bonchev–Trinajstić information content (AvgIpc) is 2.39. The van der Waals surface area contributed by atoms with Crippen LogP contribution in [-0.4, -0.2) is 11.7 Å². The normalized spacial score (nSPS) is 20.5. The molecular weight excluding hydrogens is 136 g/mol. The van der Waals surface area contributed by atoms with E-state index in [0.717, 1.165) is 0 Å². The summed E-state index contributed by atoms with van der Waals surface area (Å²) >= 11 is 0. The van der Waals surface area contributed by atoms with Gasteiger partial charge in [-0.05, 0) is 26.7 Å². The van der Waals surface area contributed by atoms with Gasteiger partial charge in [-0.3, -0.25) is 0 Å². The van der Waals surface area contributed by atoms with Crippen molar-refractivity contribution in [2.75, 3.05) is 0 Å². The second-order valence-electron chi connectivity index (χ2n) is 3.83. The van der Waals surface area contributed by atoms with Crippen molar-refractivity contribution in [2.45, 2.75) is 51.2 Å². The number of hydrogen-bond donors (Lipinski definition) is 0. The molecule has 11 heavy (non-hydrogen) atoms. The van der Waals surface area contributed by atoms with Crippen LogP contribution < -0.4 is 0 Å². The van der Waals surface area contributed by atoms with E-state index >= 15 is 0 Å². The van der Waals surface area contributed by atoms with Crippen LogP contribution in [0, 0.1) is 0 Å². The zero-order valence-corrected chi connectivity index (χ0v) is 7.60. The summed E-state index contributed by atoms with van der Waals surface area (Å²) in [5.74, 6) is 0. The molecule has 0 N–H and O–H groups in total. The molecule has 0 spiro atoms. The summed E-state index contributed by atoms with van der Waals surface area (Å²) in [5, 5.41) is 0. The van der Waals surface area contributed by atoms with Crippen molar-refractivity contribution in [3.63, 3.8) is 0 Å². The van der Waals surface area contributed by atoms with Gasteiger partial charge in [0, 0.05) is 0 Å². The lowest BCUT2D eigenvalue weighted by Crippen LogP contribution is -2.26. The molecule has 1 heteroatoms. The van der Waals surface area contributed by atoms with Crippen molar-refractivity contribution >= 4 is 0 Å². The third-order valence-electron chi connectivity index (χ3n) is 2.26. The Kier molecular flexibility index (Phi) is 2.72. The maximum absolute atomic E-state index is 5.83. The molecule has 1 fully saturated rings. The van der Waals surface area contributed by atoms with E-state index in [0.29, 0.717) is 6.10 Å². The number of rotatable bonds is 3. The molecule has 0 aromatic rings. The highest BCUT2D eigenvalue weighted by molar-refractivity contribution is 4.90. The van der Waals surface area contributed by atoms with Crippen LogP contribution in [0.15, 0.2) is 12.7 Å². The van der Waals surface area contributed by atoms with Crippen LogP contribution >= 0.6 is 0 Å². The summed E-state index contributed by atoms with van der Waals surface area (Å²) < 4.78 is 5.83. The lowest BCUT2D eigenvalue weighted by molar-refractivity contribution is -0.0368. The zero-order chi connectivity index (χ0) is 8.32. The van der Waals surface area contributed by atoms with Crippen molar-refractivity contribution in [1.82, 2.24) is 0 Å². The molecule has 0 amide bonds. The van der Waals surface area contributed by atoms with Gasteiger partial charge in [0.1, 0.15) is 0 Å². The Morgan fingerprint density at radius 3 is 2.36 bits per heavy atom. The van der Waals surface area contributed by atoms with E-state index in [-0.39, 0.29) is 5.60 Å². The van der Waals surface area contributed by atoms with Gasteiger partial charge >= 0.3 is 0 Å². The highest BCUT2D eigenvalue weighted by Gasteiger charge is 2.22. The van der Waals surface area contributed by atoms with Gasteiger partial charge in [-0.15, -0.1) is 6.58 Å². The fraction of sp³-hybridized carbons (Fsp3) is 0.800. The van der Waals surface area contributed by atoms with Gasteiger partial charge in [0.2, 0.25) is 0 Å². The van der Waals surface area contributed by atoms with E-state index in [9.17, 15) is 0 Å². The minimum Gasteiger partial charge on any atom is -0.368 e. The first-order chi connectivity index (χ1) is 5.14. The third kappa shape index (κ3) is 2.66. The molecule has 64 valence electrons. The Labute approximate surface area is 69.4 Å². The molecule has 1 aliphatic rings. The van der Waals surface area contributed by atoms with E-state index in [1.807, 2.05) is 6.08 Å². The lowest BCUT2D eigenvalue weighted by atomic mass is 10.1. The SMILES string of the molecule is C=CC(C)(C)OC1CCCC1. The minimum atomic E-state index is -0.130. The van der Waals surface area contributed by atoms with Crippen LogP contribution in [0.2, 0.25) is 0 Å². The van der Waals surface area contributed by atoms with Gasteiger partial charge in [0.15, 0.2) is 0 Å². The highest BCUT2D eigenvalue weighted by Crippen LogP contribution is 2.25. The fourth-order valence-corrected chi connectivity index (χ4v) is 1.48. The second kappa shape index (κ2) is 3.40. The Morgan fingerprint density at radius 1 is 1.36 bits per heavy atom. The summed E-state index contributed by atoms with van der Waals surface area (Å²) in [6, 6.07) is 0.